The van der Waals surface area contributed by atoms with E-state index in [0.717, 1.165) is 4.57 Å². The van der Waals surface area contributed by atoms with Crippen LogP contribution in [0.1, 0.15) is 4.79 Å². The minimum Gasteiger partial charge on any atom is -0.272 e. The number of aromatic nitrogens is 1. The second-order valence-electron chi connectivity index (χ2n) is 4.17. The molecule has 0 aliphatic rings. The summed E-state index contributed by atoms with van der Waals surface area (Å²) in [7, 11) is 0. The molecule has 0 unspecified atom stereocenters. The van der Waals surface area contributed by atoms with Crippen molar-refractivity contribution in [3.05, 3.63) is 48.5 Å². The van der Waals surface area contributed by atoms with Crippen molar-refractivity contribution in [2.45, 2.75) is 6.18 Å². The average Bonchev–Trinajstić information content (AvgIpc) is 2.71. The minimum absolute atomic E-state index is 0.269. The summed E-state index contributed by atoms with van der Waals surface area (Å²) in [5, 5.41) is 1.27. The highest BCUT2D eigenvalue weighted by Crippen LogP contribution is 2.31. The van der Waals surface area contributed by atoms with E-state index < -0.39 is 12.1 Å². The van der Waals surface area contributed by atoms with Crippen LogP contribution in [-0.4, -0.2) is 16.7 Å². The summed E-state index contributed by atoms with van der Waals surface area (Å²) in [5.74, 6) is -1.87. The molecule has 0 bridgehead atoms. The Morgan fingerprint density at radius 2 is 1.26 bits per heavy atom. The van der Waals surface area contributed by atoms with Crippen molar-refractivity contribution in [1.29, 1.82) is 0 Å². The predicted octanol–water partition coefficient (Wildman–Crippen LogP) is 4.00. The third kappa shape index (κ3) is 1.69. The molecule has 0 saturated carbocycles. The van der Waals surface area contributed by atoms with Crippen molar-refractivity contribution in [3.8, 4) is 0 Å². The maximum Gasteiger partial charge on any atom is 0.472 e. The number of para-hydroxylation sites is 2. The Bertz CT molecular complexity index is 733. The van der Waals surface area contributed by atoms with Crippen molar-refractivity contribution >= 4 is 27.7 Å². The van der Waals surface area contributed by atoms with E-state index in [1.54, 1.807) is 36.4 Å². The molecule has 0 fully saturated rings. The van der Waals surface area contributed by atoms with Crippen LogP contribution < -0.4 is 0 Å². The number of hydrogen-bond acceptors (Lipinski definition) is 1. The molecule has 2 aromatic carbocycles. The molecule has 0 aliphatic heterocycles. The zero-order valence-corrected chi connectivity index (χ0v) is 9.61. The topological polar surface area (TPSA) is 22.0 Å². The van der Waals surface area contributed by atoms with E-state index in [0.29, 0.717) is 10.8 Å². The number of carbonyl (C=O) groups excluding carboxylic acids is 1. The Hall–Kier alpha value is -2.30. The number of hydrogen-bond donors (Lipinski definition) is 0. The van der Waals surface area contributed by atoms with Gasteiger partial charge >= 0.3 is 12.1 Å². The van der Waals surface area contributed by atoms with Gasteiger partial charge in [-0.25, -0.2) is 0 Å². The Balaban J connectivity index is 2.47. The zero-order valence-electron chi connectivity index (χ0n) is 9.61. The van der Waals surface area contributed by atoms with Gasteiger partial charge in [0, 0.05) is 10.8 Å². The first kappa shape index (κ1) is 11.8. The van der Waals surface area contributed by atoms with Gasteiger partial charge < -0.3 is 0 Å². The normalized spacial score (nSPS) is 12.2. The lowest BCUT2D eigenvalue weighted by atomic mass is 10.2. The molecule has 96 valence electrons. The highest BCUT2D eigenvalue weighted by molar-refractivity contribution is 6.14. The molecule has 0 amide bonds. The lowest BCUT2D eigenvalue weighted by Gasteiger charge is -2.08. The van der Waals surface area contributed by atoms with E-state index >= 15 is 0 Å². The van der Waals surface area contributed by atoms with Gasteiger partial charge in [0.05, 0.1) is 11.0 Å². The van der Waals surface area contributed by atoms with Crippen molar-refractivity contribution in [2.24, 2.45) is 0 Å². The van der Waals surface area contributed by atoms with Crippen molar-refractivity contribution in [3.63, 3.8) is 0 Å². The summed E-state index contributed by atoms with van der Waals surface area (Å²) in [5.41, 5.74) is 0.539. The number of alkyl halides is 3. The summed E-state index contributed by atoms with van der Waals surface area (Å²) in [6, 6.07) is 13.1. The van der Waals surface area contributed by atoms with Crippen LogP contribution in [0.3, 0.4) is 0 Å². The summed E-state index contributed by atoms with van der Waals surface area (Å²) in [4.78, 5) is 11.6. The highest BCUT2D eigenvalue weighted by Gasteiger charge is 2.41. The van der Waals surface area contributed by atoms with Gasteiger partial charge in [-0.15, -0.1) is 0 Å². The van der Waals surface area contributed by atoms with Crippen LogP contribution in [0.2, 0.25) is 0 Å². The van der Waals surface area contributed by atoms with E-state index in [9.17, 15) is 18.0 Å². The first-order valence-corrected chi connectivity index (χ1v) is 5.60. The Morgan fingerprint density at radius 3 is 1.68 bits per heavy atom. The number of halogens is 3. The molecule has 0 spiro atoms. The number of rotatable bonds is 0. The number of carbonyl (C=O) groups is 1. The largest absolute Gasteiger partial charge is 0.472 e. The van der Waals surface area contributed by atoms with Crippen LogP contribution in [-0.2, 0) is 0 Å². The fraction of sp³-hybridized carbons (Fsp3) is 0.0714. The third-order valence-electron chi connectivity index (χ3n) is 3.03. The molecule has 19 heavy (non-hydrogen) atoms. The molecule has 0 radical (unpaired) electrons. The summed E-state index contributed by atoms with van der Waals surface area (Å²) >= 11 is 0. The molecular weight excluding hydrogens is 255 g/mol. The fourth-order valence-electron chi connectivity index (χ4n) is 2.27. The monoisotopic (exact) mass is 263 g/mol. The quantitative estimate of drug-likeness (QED) is 0.601. The van der Waals surface area contributed by atoms with Crippen LogP contribution in [0.15, 0.2) is 48.5 Å². The van der Waals surface area contributed by atoms with Gasteiger partial charge in [-0.3, -0.25) is 9.36 Å². The highest BCUT2D eigenvalue weighted by atomic mass is 19.4. The van der Waals surface area contributed by atoms with Crippen LogP contribution in [0.5, 0.6) is 0 Å². The maximum absolute atomic E-state index is 12.7. The molecule has 0 aliphatic carbocycles. The summed E-state index contributed by atoms with van der Waals surface area (Å²) in [6.45, 7) is 0. The van der Waals surface area contributed by atoms with Gasteiger partial charge in [0.25, 0.3) is 0 Å². The Kier molecular flexibility index (Phi) is 2.38. The second-order valence-corrected chi connectivity index (χ2v) is 4.17. The van der Waals surface area contributed by atoms with Crippen molar-refractivity contribution in [1.82, 2.24) is 4.57 Å². The maximum atomic E-state index is 12.7. The number of fused-ring (bicyclic) bond motifs is 3. The summed E-state index contributed by atoms with van der Waals surface area (Å²) < 4.78 is 38.8. The molecule has 0 atom stereocenters. The van der Waals surface area contributed by atoms with Gasteiger partial charge in [0.1, 0.15) is 0 Å². The molecular formula is C14H8F3NO. The lowest BCUT2D eigenvalue weighted by molar-refractivity contribution is -0.0939. The molecule has 2 nitrogen and oxygen atoms in total. The van der Waals surface area contributed by atoms with E-state index in [2.05, 4.69) is 0 Å². The van der Waals surface area contributed by atoms with Crippen LogP contribution in [0.25, 0.3) is 21.8 Å². The Labute approximate surface area is 106 Å². The first-order valence-electron chi connectivity index (χ1n) is 5.60. The van der Waals surface area contributed by atoms with Gasteiger partial charge in [0.2, 0.25) is 0 Å². The Morgan fingerprint density at radius 1 is 0.842 bits per heavy atom. The molecule has 1 aromatic heterocycles. The van der Waals surface area contributed by atoms with E-state index in [1.165, 1.54) is 12.1 Å². The van der Waals surface area contributed by atoms with E-state index in [4.69, 9.17) is 0 Å². The van der Waals surface area contributed by atoms with Crippen molar-refractivity contribution < 1.29 is 18.0 Å². The second kappa shape index (κ2) is 3.85. The van der Waals surface area contributed by atoms with E-state index in [1.807, 2.05) is 0 Å². The minimum atomic E-state index is -4.90. The molecule has 1 heterocycles. The lowest BCUT2D eigenvalue weighted by Crippen LogP contribution is -2.28. The first-order chi connectivity index (χ1) is 9.00. The van der Waals surface area contributed by atoms with Crippen LogP contribution in [0.4, 0.5) is 13.2 Å². The molecule has 0 saturated heterocycles. The SMILES string of the molecule is O=C(n1c2ccccc2c2ccccc21)C(F)(F)F. The number of benzene rings is 2. The standard InChI is InChI=1S/C14H8F3NO/c15-14(16,17)13(19)18-11-7-3-1-5-9(11)10-6-2-4-8-12(10)18/h1-8H. The van der Waals surface area contributed by atoms with Crippen LogP contribution in [0, 0.1) is 0 Å². The van der Waals surface area contributed by atoms with E-state index in [-0.39, 0.29) is 11.0 Å². The molecule has 5 heteroatoms. The van der Waals surface area contributed by atoms with Crippen molar-refractivity contribution in [2.75, 3.05) is 0 Å². The number of nitrogens with zero attached hydrogens (tertiary/aromatic N) is 1. The summed E-state index contributed by atoms with van der Waals surface area (Å²) in [6.07, 6.45) is -4.90. The van der Waals surface area contributed by atoms with Gasteiger partial charge in [-0.2, -0.15) is 13.2 Å². The third-order valence-corrected chi connectivity index (χ3v) is 3.03. The smallest absolute Gasteiger partial charge is 0.272 e. The predicted molar refractivity (Wildman–Crippen MR) is 66.1 cm³/mol. The average molecular weight is 263 g/mol. The van der Waals surface area contributed by atoms with Gasteiger partial charge in [-0.05, 0) is 12.1 Å². The zero-order chi connectivity index (χ0) is 13.6. The van der Waals surface area contributed by atoms with Crippen LogP contribution >= 0.6 is 0 Å². The molecule has 3 rings (SSSR count). The molecule has 0 N–H and O–H groups in total. The fourth-order valence-corrected chi connectivity index (χ4v) is 2.27. The van der Waals surface area contributed by atoms with Gasteiger partial charge in [0.15, 0.2) is 0 Å². The van der Waals surface area contributed by atoms with Gasteiger partial charge in [-0.1, -0.05) is 36.4 Å². The molecule has 3 aromatic rings.